The van der Waals surface area contributed by atoms with Crippen molar-refractivity contribution in [3.8, 4) is 0 Å². The highest BCUT2D eigenvalue weighted by Crippen LogP contribution is 2.27. The molecule has 0 saturated carbocycles. The maximum absolute atomic E-state index is 9.83. The topological polar surface area (TPSA) is 95.9 Å². The van der Waals surface area contributed by atoms with E-state index in [4.69, 9.17) is 15.6 Å². The third-order valence-electron chi connectivity index (χ3n) is 3.59. The van der Waals surface area contributed by atoms with Crippen molar-refractivity contribution in [2.75, 3.05) is 6.61 Å². The molecule has 5 nitrogen and oxygen atoms in total. The summed E-state index contributed by atoms with van der Waals surface area (Å²) in [7, 11) is 0. The van der Waals surface area contributed by atoms with Crippen LogP contribution in [0, 0.1) is 5.92 Å². The zero-order valence-corrected chi connectivity index (χ0v) is 10.6. The van der Waals surface area contributed by atoms with Crippen LogP contribution < -0.4 is 5.73 Å². The summed E-state index contributed by atoms with van der Waals surface area (Å²) in [6.45, 7) is 3.84. The standard InChI is InChI=1S/C12H25NO4/c1-3-4-5-7(2)12-9(13)11(16)10(15)8(6-14)17-12/h7-12,14-16H,3-6,13H2,1-2H3. The van der Waals surface area contributed by atoms with Crippen LogP contribution in [0.1, 0.15) is 33.1 Å². The predicted molar refractivity (Wildman–Crippen MR) is 64.4 cm³/mol. The third-order valence-corrected chi connectivity index (χ3v) is 3.59. The lowest BCUT2D eigenvalue weighted by Crippen LogP contribution is -2.63. The Morgan fingerprint density at radius 2 is 1.94 bits per heavy atom. The van der Waals surface area contributed by atoms with Gasteiger partial charge >= 0.3 is 0 Å². The fraction of sp³-hybridized carbons (Fsp3) is 1.00. The van der Waals surface area contributed by atoms with Crippen molar-refractivity contribution >= 4 is 0 Å². The van der Waals surface area contributed by atoms with Crippen LogP contribution in [0.3, 0.4) is 0 Å². The SMILES string of the molecule is CCCCC(C)C1OC(CO)C(O)C(O)C1N. The summed E-state index contributed by atoms with van der Waals surface area (Å²) in [5, 5.41) is 28.6. The number of ether oxygens (including phenoxy) is 1. The van der Waals surface area contributed by atoms with E-state index in [-0.39, 0.29) is 18.6 Å². The molecule has 0 bridgehead atoms. The molecule has 0 aromatic rings. The number of aliphatic hydroxyl groups excluding tert-OH is 3. The molecule has 0 aliphatic carbocycles. The summed E-state index contributed by atoms with van der Waals surface area (Å²) in [5.41, 5.74) is 5.89. The van der Waals surface area contributed by atoms with Gasteiger partial charge in [0.1, 0.15) is 18.3 Å². The van der Waals surface area contributed by atoms with Crippen LogP contribution >= 0.6 is 0 Å². The van der Waals surface area contributed by atoms with Crippen molar-refractivity contribution in [2.45, 2.75) is 63.6 Å². The second-order valence-corrected chi connectivity index (χ2v) is 5.00. The normalized spacial score (nSPS) is 40.2. The van der Waals surface area contributed by atoms with E-state index in [1.54, 1.807) is 0 Å². The molecule has 6 atom stereocenters. The zero-order valence-electron chi connectivity index (χ0n) is 10.6. The van der Waals surface area contributed by atoms with Gasteiger partial charge in [-0.3, -0.25) is 0 Å². The quantitative estimate of drug-likeness (QED) is 0.531. The molecule has 0 aromatic carbocycles. The van der Waals surface area contributed by atoms with Crippen LogP contribution in [-0.2, 0) is 4.74 Å². The molecule has 102 valence electrons. The van der Waals surface area contributed by atoms with E-state index in [0.717, 1.165) is 19.3 Å². The Kier molecular flexibility index (Phi) is 5.82. The monoisotopic (exact) mass is 247 g/mol. The minimum Gasteiger partial charge on any atom is -0.394 e. The molecule has 5 heteroatoms. The average molecular weight is 247 g/mol. The summed E-state index contributed by atoms with van der Waals surface area (Å²) in [6.07, 6.45) is -0.0389. The fourth-order valence-corrected chi connectivity index (χ4v) is 2.37. The zero-order chi connectivity index (χ0) is 13.0. The maximum atomic E-state index is 9.83. The first-order valence-electron chi connectivity index (χ1n) is 6.40. The van der Waals surface area contributed by atoms with Crippen LogP contribution in [0.2, 0.25) is 0 Å². The van der Waals surface area contributed by atoms with Crippen molar-refractivity contribution in [3.05, 3.63) is 0 Å². The molecule has 0 aromatic heterocycles. The van der Waals surface area contributed by atoms with Gasteiger partial charge in [0.15, 0.2) is 0 Å². The summed E-state index contributed by atoms with van der Waals surface area (Å²) >= 11 is 0. The Morgan fingerprint density at radius 3 is 2.47 bits per heavy atom. The highest BCUT2D eigenvalue weighted by atomic mass is 16.5. The second kappa shape index (κ2) is 6.66. The summed E-state index contributed by atoms with van der Waals surface area (Å²) in [6, 6.07) is -0.598. The van der Waals surface area contributed by atoms with Crippen LogP contribution in [-0.4, -0.2) is 52.4 Å². The van der Waals surface area contributed by atoms with E-state index < -0.39 is 24.4 Å². The smallest absolute Gasteiger partial charge is 0.110 e. The largest absolute Gasteiger partial charge is 0.394 e. The van der Waals surface area contributed by atoms with Gasteiger partial charge in [0, 0.05) is 0 Å². The lowest BCUT2D eigenvalue weighted by Gasteiger charge is -2.43. The Morgan fingerprint density at radius 1 is 1.29 bits per heavy atom. The predicted octanol–water partition coefficient (Wildman–Crippen LogP) is -0.378. The highest BCUT2D eigenvalue weighted by Gasteiger charge is 2.43. The van der Waals surface area contributed by atoms with E-state index in [1.165, 1.54) is 0 Å². The number of hydrogen-bond donors (Lipinski definition) is 4. The van der Waals surface area contributed by atoms with Crippen LogP contribution in [0.5, 0.6) is 0 Å². The summed E-state index contributed by atoms with van der Waals surface area (Å²) < 4.78 is 5.60. The molecule has 1 heterocycles. The van der Waals surface area contributed by atoms with Crippen molar-refractivity contribution in [2.24, 2.45) is 11.7 Å². The molecule has 0 radical (unpaired) electrons. The summed E-state index contributed by atoms with van der Waals surface area (Å²) in [5.74, 6) is 0.209. The minimum atomic E-state index is -1.11. The highest BCUT2D eigenvalue weighted by molar-refractivity contribution is 4.96. The van der Waals surface area contributed by atoms with Gasteiger partial charge in [-0.05, 0) is 12.3 Å². The Labute approximate surface area is 103 Å². The maximum Gasteiger partial charge on any atom is 0.110 e. The molecule has 6 unspecified atom stereocenters. The van der Waals surface area contributed by atoms with Gasteiger partial charge in [-0.15, -0.1) is 0 Å². The molecule has 1 fully saturated rings. The first-order chi connectivity index (χ1) is 8.02. The third kappa shape index (κ3) is 3.39. The Hall–Kier alpha value is -0.200. The molecule has 0 spiro atoms. The molecular formula is C12H25NO4. The van der Waals surface area contributed by atoms with Crippen molar-refractivity contribution < 1.29 is 20.1 Å². The lowest BCUT2D eigenvalue weighted by atomic mass is 9.85. The first kappa shape index (κ1) is 14.9. The van der Waals surface area contributed by atoms with Gasteiger partial charge in [0.25, 0.3) is 0 Å². The van der Waals surface area contributed by atoms with Crippen LogP contribution in [0.15, 0.2) is 0 Å². The van der Waals surface area contributed by atoms with E-state index in [9.17, 15) is 10.2 Å². The number of rotatable bonds is 5. The molecule has 1 aliphatic heterocycles. The van der Waals surface area contributed by atoms with E-state index in [2.05, 4.69) is 6.92 Å². The van der Waals surface area contributed by atoms with Gasteiger partial charge in [-0.2, -0.15) is 0 Å². The van der Waals surface area contributed by atoms with Gasteiger partial charge < -0.3 is 25.8 Å². The molecule has 1 saturated heterocycles. The van der Waals surface area contributed by atoms with Crippen molar-refractivity contribution in [3.63, 3.8) is 0 Å². The number of nitrogens with two attached hydrogens (primary N) is 1. The molecule has 0 amide bonds. The second-order valence-electron chi connectivity index (χ2n) is 5.00. The van der Waals surface area contributed by atoms with Gasteiger partial charge in [-0.25, -0.2) is 0 Å². The Bertz CT molecular complexity index is 225. The van der Waals surface area contributed by atoms with E-state index >= 15 is 0 Å². The number of aliphatic hydroxyl groups is 3. The van der Waals surface area contributed by atoms with Crippen LogP contribution in [0.25, 0.3) is 0 Å². The number of hydrogen-bond acceptors (Lipinski definition) is 5. The molecule has 5 N–H and O–H groups in total. The molecule has 1 rings (SSSR count). The van der Waals surface area contributed by atoms with Gasteiger partial charge in [0.05, 0.1) is 18.8 Å². The van der Waals surface area contributed by atoms with Gasteiger partial charge in [-0.1, -0.05) is 26.7 Å². The summed E-state index contributed by atoms with van der Waals surface area (Å²) in [4.78, 5) is 0. The lowest BCUT2D eigenvalue weighted by molar-refractivity contribution is -0.200. The molecular weight excluding hydrogens is 222 g/mol. The first-order valence-corrected chi connectivity index (χ1v) is 6.40. The van der Waals surface area contributed by atoms with Crippen molar-refractivity contribution in [1.82, 2.24) is 0 Å². The average Bonchev–Trinajstić information content (AvgIpc) is 2.33. The fourth-order valence-electron chi connectivity index (χ4n) is 2.37. The molecule has 17 heavy (non-hydrogen) atoms. The van der Waals surface area contributed by atoms with E-state index in [0.29, 0.717) is 0 Å². The minimum absolute atomic E-state index is 0.209. The Balaban J connectivity index is 2.64. The van der Waals surface area contributed by atoms with Gasteiger partial charge in [0.2, 0.25) is 0 Å². The van der Waals surface area contributed by atoms with Crippen LogP contribution in [0.4, 0.5) is 0 Å². The number of unbranched alkanes of at least 4 members (excludes halogenated alkanes) is 1. The van der Waals surface area contributed by atoms with Crippen molar-refractivity contribution in [1.29, 1.82) is 0 Å². The molecule has 1 aliphatic rings. The van der Waals surface area contributed by atoms with E-state index in [1.807, 2.05) is 6.92 Å².